The summed E-state index contributed by atoms with van der Waals surface area (Å²) in [4.78, 5) is 0. The smallest absolute Gasteiger partial charge is 0.120 e. The maximum absolute atomic E-state index is 6.07. The molecule has 1 atom stereocenters. The fraction of sp³-hybridized carbons (Fsp3) is 0.600. The molecule has 0 radical (unpaired) electrons. The third-order valence-electron chi connectivity index (χ3n) is 3.49. The Morgan fingerprint density at radius 3 is 2.53 bits per heavy atom. The van der Waals surface area contributed by atoms with Crippen LogP contribution in [0.2, 0.25) is 0 Å². The molecule has 0 saturated heterocycles. The molecular weight excluding hydrogens is 210 g/mol. The van der Waals surface area contributed by atoms with Gasteiger partial charge in [0.1, 0.15) is 5.75 Å². The SMILES string of the molecule is CC(N)c1cccc(OC2CCCCCC2)c1. The monoisotopic (exact) mass is 233 g/mol. The van der Waals surface area contributed by atoms with Crippen molar-refractivity contribution in [2.75, 3.05) is 0 Å². The van der Waals surface area contributed by atoms with E-state index in [4.69, 9.17) is 10.5 Å². The number of hydrogen-bond donors (Lipinski definition) is 1. The van der Waals surface area contributed by atoms with Crippen molar-refractivity contribution >= 4 is 0 Å². The zero-order valence-corrected chi connectivity index (χ0v) is 10.7. The number of hydrogen-bond acceptors (Lipinski definition) is 2. The molecule has 17 heavy (non-hydrogen) atoms. The molecular formula is C15H23NO. The summed E-state index contributed by atoms with van der Waals surface area (Å²) in [6.45, 7) is 2.00. The van der Waals surface area contributed by atoms with Crippen molar-refractivity contribution in [2.45, 2.75) is 57.6 Å². The van der Waals surface area contributed by atoms with Crippen molar-refractivity contribution in [3.05, 3.63) is 29.8 Å². The second-order valence-electron chi connectivity index (χ2n) is 5.09. The maximum Gasteiger partial charge on any atom is 0.120 e. The lowest BCUT2D eigenvalue weighted by atomic mass is 10.1. The first-order chi connectivity index (χ1) is 8.25. The van der Waals surface area contributed by atoms with Crippen LogP contribution in [0.4, 0.5) is 0 Å². The lowest BCUT2D eigenvalue weighted by Gasteiger charge is -2.18. The van der Waals surface area contributed by atoms with Gasteiger partial charge in [-0.25, -0.2) is 0 Å². The first kappa shape index (κ1) is 12.4. The molecule has 1 aromatic carbocycles. The molecule has 0 spiro atoms. The highest BCUT2D eigenvalue weighted by molar-refractivity contribution is 5.30. The molecule has 94 valence electrons. The van der Waals surface area contributed by atoms with Gasteiger partial charge in [0.2, 0.25) is 0 Å². The Kier molecular flexibility index (Phi) is 4.43. The summed E-state index contributed by atoms with van der Waals surface area (Å²) in [5.41, 5.74) is 7.03. The van der Waals surface area contributed by atoms with Crippen molar-refractivity contribution < 1.29 is 4.74 Å². The van der Waals surface area contributed by atoms with E-state index >= 15 is 0 Å². The third kappa shape index (κ3) is 3.74. The van der Waals surface area contributed by atoms with E-state index in [1.165, 1.54) is 38.5 Å². The number of rotatable bonds is 3. The minimum absolute atomic E-state index is 0.0766. The van der Waals surface area contributed by atoms with E-state index in [1.807, 2.05) is 19.1 Å². The molecule has 1 saturated carbocycles. The van der Waals surface area contributed by atoms with E-state index in [9.17, 15) is 0 Å². The molecule has 0 aromatic heterocycles. The van der Waals surface area contributed by atoms with E-state index in [-0.39, 0.29) is 6.04 Å². The highest BCUT2D eigenvalue weighted by Crippen LogP contribution is 2.24. The van der Waals surface area contributed by atoms with E-state index < -0.39 is 0 Å². The Morgan fingerprint density at radius 2 is 1.88 bits per heavy atom. The summed E-state index contributed by atoms with van der Waals surface area (Å²) < 4.78 is 6.07. The van der Waals surface area contributed by atoms with Gasteiger partial charge < -0.3 is 10.5 Å². The molecule has 0 amide bonds. The van der Waals surface area contributed by atoms with Gasteiger partial charge >= 0.3 is 0 Å². The topological polar surface area (TPSA) is 35.2 Å². The van der Waals surface area contributed by atoms with Gasteiger partial charge in [0.05, 0.1) is 6.10 Å². The van der Waals surface area contributed by atoms with Gasteiger partial charge in [-0.2, -0.15) is 0 Å². The number of nitrogens with two attached hydrogens (primary N) is 1. The van der Waals surface area contributed by atoms with Gasteiger partial charge in [-0.1, -0.05) is 25.0 Å². The average molecular weight is 233 g/mol. The van der Waals surface area contributed by atoms with Crippen LogP contribution < -0.4 is 10.5 Å². The molecule has 2 nitrogen and oxygen atoms in total. The van der Waals surface area contributed by atoms with Crippen LogP contribution in [0.25, 0.3) is 0 Å². The Bertz CT molecular complexity index is 341. The summed E-state index contributed by atoms with van der Waals surface area (Å²) in [5.74, 6) is 0.978. The lowest BCUT2D eigenvalue weighted by Crippen LogP contribution is -2.15. The minimum atomic E-state index is 0.0766. The van der Waals surface area contributed by atoms with E-state index in [0.717, 1.165) is 11.3 Å². The van der Waals surface area contributed by atoms with Gasteiger partial charge in [-0.3, -0.25) is 0 Å². The average Bonchev–Trinajstić information content (AvgIpc) is 2.58. The van der Waals surface area contributed by atoms with Crippen LogP contribution in [-0.2, 0) is 0 Å². The Balaban J connectivity index is 1.99. The fourth-order valence-electron chi connectivity index (χ4n) is 2.42. The normalized spacial score (nSPS) is 19.6. The molecule has 1 aliphatic rings. The third-order valence-corrected chi connectivity index (χ3v) is 3.49. The predicted octanol–water partition coefficient (Wildman–Crippen LogP) is 3.81. The van der Waals surface area contributed by atoms with Crippen LogP contribution in [0.3, 0.4) is 0 Å². The molecule has 0 heterocycles. The quantitative estimate of drug-likeness (QED) is 0.806. The van der Waals surface area contributed by atoms with Gasteiger partial charge in [-0.05, 0) is 50.3 Å². The van der Waals surface area contributed by atoms with Gasteiger partial charge in [-0.15, -0.1) is 0 Å². The second kappa shape index (κ2) is 6.06. The van der Waals surface area contributed by atoms with Crippen molar-refractivity contribution in [1.29, 1.82) is 0 Å². The Morgan fingerprint density at radius 1 is 1.18 bits per heavy atom. The maximum atomic E-state index is 6.07. The van der Waals surface area contributed by atoms with Crippen molar-refractivity contribution in [3.63, 3.8) is 0 Å². The van der Waals surface area contributed by atoms with E-state index in [1.54, 1.807) is 0 Å². The van der Waals surface area contributed by atoms with Crippen molar-refractivity contribution in [3.8, 4) is 5.75 Å². The molecule has 2 rings (SSSR count). The molecule has 1 aliphatic carbocycles. The summed E-state index contributed by atoms with van der Waals surface area (Å²) in [6.07, 6.45) is 8.13. The zero-order chi connectivity index (χ0) is 12.1. The number of benzene rings is 1. The van der Waals surface area contributed by atoms with Crippen molar-refractivity contribution in [2.24, 2.45) is 5.73 Å². The van der Waals surface area contributed by atoms with Gasteiger partial charge in [0.25, 0.3) is 0 Å². The van der Waals surface area contributed by atoms with Crippen molar-refractivity contribution in [1.82, 2.24) is 0 Å². The summed E-state index contributed by atoms with van der Waals surface area (Å²) in [7, 11) is 0. The first-order valence-corrected chi connectivity index (χ1v) is 6.78. The molecule has 1 unspecified atom stereocenters. The minimum Gasteiger partial charge on any atom is -0.490 e. The molecule has 2 heteroatoms. The van der Waals surface area contributed by atoms with Crippen LogP contribution in [-0.4, -0.2) is 6.10 Å². The summed E-state index contributed by atoms with van der Waals surface area (Å²) in [5, 5.41) is 0. The highest BCUT2D eigenvalue weighted by Gasteiger charge is 2.13. The standard InChI is InChI=1S/C15H23NO/c1-12(16)13-7-6-10-15(11-13)17-14-8-4-2-3-5-9-14/h6-7,10-12,14H,2-5,8-9,16H2,1H3. The van der Waals surface area contributed by atoms with Gasteiger partial charge in [0, 0.05) is 6.04 Å². The molecule has 1 fully saturated rings. The Hall–Kier alpha value is -1.02. The van der Waals surface area contributed by atoms with Crippen LogP contribution in [0.1, 0.15) is 57.1 Å². The van der Waals surface area contributed by atoms with Crippen LogP contribution >= 0.6 is 0 Å². The van der Waals surface area contributed by atoms with Crippen LogP contribution in [0.5, 0.6) is 5.75 Å². The highest BCUT2D eigenvalue weighted by atomic mass is 16.5. The lowest BCUT2D eigenvalue weighted by molar-refractivity contribution is 0.183. The van der Waals surface area contributed by atoms with E-state index in [2.05, 4.69) is 12.1 Å². The first-order valence-electron chi connectivity index (χ1n) is 6.78. The molecule has 1 aromatic rings. The van der Waals surface area contributed by atoms with Crippen LogP contribution in [0, 0.1) is 0 Å². The van der Waals surface area contributed by atoms with Gasteiger partial charge in [0.15, 0.2) is 0 Å². The Labute approximate surface area is 104 Å². The largest absolute Gasteiger partial charge is 0.490 e. The molecule has 0 bridgehead atoms. The zero-order valence-electron chi connectivity index (χ0n) is 10.7. The number of ether oxygens (including phenoxy) is 1. The van der Waals surface area contributed by atoms with Crippen LogP contribution in [0.15, 0.2) is 24.3 Å². The predicted molar refractivity (Wildman–Crippen MR) is 71.2 cm³/mol. The second-order valence-corrected chi connectivity index (χ2v) is 5.09. The summed E-state index contributed by atoms with van der Waals surface area (Å²) >= 11 is 0. The molecule has 0 aliphatic heterocycles. The van der Waals surface area contributed by atoms with E-state index in [0.29, 0.717) is 6.10 Å². The molecule has 2 N–H and O–H groups in total. The summed E-state index contributed by atoms with van der Waals surface area (Å²) in [6, 6.07) is 8.29. The fourth-order valence-corrected chi connectivity index (χ4v) is 2.42.